The first-order chi connectivity index (χ1) is 37.6. The van der Waals surface area contributed by atoms with Gasteiger partial charge in [-0.15, -0.1) is 11.3 Å². The smallest absolute Gasteiger partial charge is 0.293 e. The van der Waals surface area contributed by atoms with Crippen LogP contribution in [0, 0.1) is 25.8 Å². The van der Waals surface area contributed by atoms with Crippen molar-refractivity contribution >= 4 is 63.7 Å². The van der Waals surface area contributed by atoms with E-state index in [1.54, 1.807) is 53.8 Å². The maximum atomic E-state index is 13.9. The standard InChI is InChI=1S/C57H72N6O13S2/c1-38-30-43(58-6)17-19-46(38)76-47-18-14-41(31-48(47)70-7)32-49-54(67)62(56(69)78-49)20-25-74-27-26-72-23-10-8-21-71-22-9-11-24-73-28-29-75-36-50(65)61-52(57(3,4)5)55(68)63-35-44(64)33-45(63)53(66)59-34-40-12-15-42(16-13-40)51-39(2)60-37-77-51/h12-19,30-32,37,44-45,52,64H,8-11,20-29,33-36H2,1-5,7H3,(H,59,66)(H,61,65)/b49-32-/t44-,45+,52-/m1/s1. The van der Waals surface area contributed by atoms with Crippen LogP contribution in [-0.2, 0) is 49.4 Å². The molecule has 2 aliphatic rings. The summed E-state index contributed by atoms with van der Waals surface area (Å²) in [5.74, 6) is -0.174. The van der Waals surface area contributed by atoms with Crippen molar-refractivity contribution in [1.29, 1.82) is 0 Å². The molecule has 78 heavy (non-hydrogen) atoms. The molecular weight excluding hydrogens is 1040 g/mol. The number of thioether (sulfide) groups is 1. The van der Waals surface area contributed by atoms with E-state index in [1.807, 2.05) is 64.4 Å². The van der Waals surface area contributed by atoms with Gasteiger partial charge >= 0.3 is 0 Å². The number of aliphatic hydroxyl groups is 1. The fourth-order valence-corrected chi connectivity index (χ4v) is 10.1. The fraction of sp³-hybridized carbons (Fsp3) is 0.491. The summed E-state index contributed by atoms with van der Waals surface area (Å²) in [6.07, 6.45) is 4.15. The number of benzene rings is 3. The van der Waals surface area contributed by atoms with Gasteiger partial charge in [0.1, 0.15) is 24.4 Å². The van der Waals surface area contributed by atoms with Crippen molar-refractivity contribution in [3.05, 3.63) is 105 Å². The van der Waals surface area contributed by atoms with Gasteiger partial charge in [0.2, 0.25) is 17.7 Å². The Labute approximate surface area is 465 Å². The normalized spacial score (nSPS) is 16.4. The number of hydrogen-bond donors (Lipinski definition) is 3. The van der Waals surface area contributed by atoms with Gasteiger partial charge in [-0.25, -0.2) is 9.83 Å². The third-order valence-corrected chi connectivity index (χ3v) is 14.6. The zero-order valence-corrected chi connectivity index (χ0v) is 47.0. The Bertz CT molecular complexity index is 2720. The molecular formula is C57H72N6O13S2. The number of aromatic nitrogens is 1. The van der Waals surface area contributed by atoms with Crippen LogP contribution in [0.25, 0.3) is 21.4 Å². The number of ether oxygens (including phenoxy) is 7. The third-order valence-electron chi connectivity index (χ3n) is 12.7. The van der Waals surface area contributed by atoms with Crippen molar-refractivity contribution in [2.45, 2.75) is 91.5 Å². The van der Waals surface area contributed by atoms with Gasteiger partial charge in [-0.1, -0.05) is 57.2 Å². The molecule has 21 heteroatoms. The molecule has 0 saturated carbocycles. The fourth-order valence-electron chi connectivity index (χ4n) is 8.40. The van der Waals surface area contributed by atoms with Crippen LogP contribution in [0.4, 0.5) is 10.5 Å². The van der Waals surface area contributed by atoms with Gasteiger partial charge in [-0.3, -0.25) is 28.9 Å². The van der Waals surface area contributed by atoms with Gasteiger partial charge in [-0.2, -0.15) is 0 Å². The molecule has 4 aromatic rings. The number of amides is 5. The highest BCUT2D eigenvalue weighted by Crippen LogP contribution is 2.38. The second-order valence-corrected chi connectivity index (χ2v) is 21.6. The molecule has 2 aliphatic heterocycles. The third kappa shape index (κ3) is 18.4. The highest BCUT2D eigenvalue weighted by atomic mass is 32.2. The van der Waals surface area contributed by atoms with E-state index >= 15 is 0 Å². The first-order valence-corrected chi connectivity index (χ1v) is 27.8. The minimum atomic E-state index is -0.962. The Hall–Kier alpha value is -6.22. The largest absolute Gasteiger partial charge is 0.493 e. The predicted molar refractivity (Wildman–Crippen MR) is 297 cm³/mol. The maximum absolute atomic E-state index is 13.9. The molecule has 5 amide bonds. The SMILES string of the molecule is [C-]#[N+]c1ccc(Oc2ccc(/C=C3\SC(=O)N(CCOCCOCCCCOCCCCOCCOCC(=O)N[C@H](C(=O)N4C[C@H](O)C[C@H]4C(=O)NCc4ccc(-c5scnc5C)cc4)C(C)(C)C)C3=O)cc2OC)c(C)c1. The lowest BCUT2D eigenvalue weighted by Gasteiger charge is -2.35. The molecule has 420 valence electrons. The van der Waals surface area contributed by atoms with Gasteiger partial charge in [0.05, 0.1) is 80.4 Å². The van der Waals surface area contributed by atoms with E-state index in [4.69, 9.17) is 39.7 Å². The summed E-state index contributed by atoms with van der Waals surface area (Å²) in [7, 11) is 1.52. The number of carbonyl (C=O) groups excluding carboxylic acids is 5. The van der Waals surface area contributed by atoms with Gasteiger partial charge in [-0.05, 0) is 109 Å². The lowest BCUT2D eigenvalue weighted by Crippen LogP contribution is -2.58. The minimum absolute atomic E-state index is 0.0177. The zero-order valence-electron chi connectivity index (χ0n) is 45.3. The molecule has 19 nitrogen and oxygen atoms in total. The lowest BCUT2D eigenvalue weighted by molar-refractivity contribution is -0.144. The predicted octanol–water partition coefficient (Wildman–Crippen LogP) is 8.27. The number of likely N-dealkylation sites (tertiary alicyclic amines) is 1. The molecule has 1 aromatic heterocycles. The van der Waals surface area contributed by atoms with Crippen molar-refractivity contribution in [1.82, 2.24) is 25.4 Å². The van der Waals surface area contributed by atoms with Crippen molar-refractivity contribution < 1.29 is 62.2 Å². The molecule has 2 saturated heterocycles. The summed E-state index contributed by atoms with van der Waals surface area (Å²) in [6.45, 7) is 20.3. The van der Waals surface area contributed by atoms with Crippen LogP contribution in [0.2, 0.25) is 0 Å². The van der Waals surface area contributed by atoms with E-state index < -0.39 is 35.4 Å². The summed E-state index contributed by atoms with van der Waals surface area (Å²) in [5.41, 5.74) is 6.00. The Morgan fingerprint density at radius 2 is 1.49 bits per heavy atom. The van der Waals surface area contributed by atoms with E-state index in [0.29, 0.717) is 79.7 Å². The summed E-state index contributed by atoms with van der Waals surface area (Å²) in [6, 6.07) is 16.4. The summed E-state index contributed by atoms with van der Waals surface area (Å²) in [4.78, 5) is 77.8. The topological polar surface area (TPSA) is 218 Å². The van der Waals surface area contributed by atoms with Crippen LogP contribution in [0.5, 0.6) is 17.2 Å². The first-order valence-electron chi connectivity index (χ1n) is 26.1. The molecule has 0 radical (unpaired) electrons. The monoisotopic (exact) mass is 1110 g/mol. The van der Waals surface area contributed by atoms with Gasteiger partial charge in [0.25, 0.3) is 11.1 Å². The quantitative estimate of drug-likeness (QED) is 0.0245. The summed E-state index contributed by atoms with van der Waals surface area (Å²) < 4.78 is 39.8. The average molecular weight is 1110 g/mol. The number of aryl methyl sites for hydroxylation is 2. The van der Waals surface area contributed by atoms with Crippen LogP contribution in [0.3, 0.4) is 0 Å². The number of hydrogen-bond acceptors (Lipinski definition) is 16. The Kier molecular flexibility index (Phi) is 24.1. The number of imide groups is 1. The molecule has 0 spiro atoms. The Morgan fingerprint density at radius 1 is 0.846 bits per heavy atom. The molecule has 3 aromatic carbocycles. The molecule has 6 rings (SSSR count). The van der Waals surface area contributed by atoms with Crippen LogP contribution < -0.4 is 20.1 Å². The van der Waals surface area contributed by atoms with E-state index in [-0.39, 0.29) is 62.9 Å². The first kappa shape index (κ1) is 61.0. The zero-order chi connectivity index (χ0) is 56.0. The van der Waals surface area contributed by atoms with Crippen molar-refractivity contribution in [2.24, 2.45) is 5.41 Å². The number of β-amino-alcohol motifs (C(OH)–C–C–N with tert-alkyl or cyclic N) is 1. The van der Waals surface area contributed by atoms with E-state index in [2.05, 4.69) is 20.5 Å². The van der Waals surface area contributed by atoms with E-state index in [1.165, 1.54) is 16.9 Å². The summed E-state index contributed by atoms with van der Waals surface area (Å²) in [5, 5.41) is 15.9. The maximum Gasteiger partial charge on any atom is 0.293 e. The second-order valence-electron chi connectivity index (χ2n) is 19.8. The average Bonchev–Trinajstić information content (AvgIpc) is 4.13. The number of rotatable bonds is 31. The Balaban J connectivity index is 0.745. The van der Waals surface area contributed by atoms with Gasteiger partial charge in [0.15, 0.2) is 17.2 Å². The van der Waals surface area contributed by atoms with Crippen molar-refractivity contribution in [3.63, 3.8) is 0 Å². The molecule has 3 heterocycles. The number of thiazole rings is 1. The van der Waals surface area contributed by atoms with Gasteiger partial charge < -0.3 is 53.8 Å². The van der Waals surface area contributed by atoms with E-state index in [0.717, 1.165) is 64.7 Å². The van der Waals surface area contributed by atoms with Gasteiger partial charge in [0, 0.05) is 45.9 Å². The molecule has 2 fully saturated rings. The number of methoxy groups -OCH3 is 1. The van der Waals surface area contributed by atoms with Crippen LogP contribution >= 0.6 is 23.1 Å². The van der Waals surface area contributed by atoms with Crippen molar-refractivity contribution in [2.75, 3.05) is 86.3 Å². The highest BCUT2D eigenvalue weighted by molar-refractivity contribution is 8.18. The molecule has 3 atom stereocenters. The molecule has 0 unspecified atom stereocenters. The second kappa shape index (κ2) is 30.8. The number of unbranched alkanes of at least 4 members (excludes halogenated alkanes) is 2. The number of nitrogens with zero attached hydrogens (tertiary/aromatic N) is 4. The van der Waals surface area contributed by atoms with Crippen molar-refractivity contribution in [3.8, 4) is 27.7 Å². The lowest BCUT2D eigenvalue weighted by atomic mass is 9.85. The number of nitrogens with one attached hydrogen (secondary N) is 2. The summed E-state index contributed by atoms with van der Waals surface area (Å²) >= 11 is 2.44. The van der Waals surface area contributed by atoms with E-state index in [9.17, 15) is 29.1 Å². The molecule has 0 aliphatic carbocycles. The molecule has 3 N–H and O–H groups in total. The highest BCUT2D eigenvalue weighted by Gasteiger charge is 2.44. The van der Waals surface area contributed by atoms with Crippen LogP contribution in [0.1, 0.15) is 75.3 Å². The van der Waals surface area contributed by atoms with Crippen LogP contribution in [0.15, 0.2) is 71.1 Å². The van der Waals surface area contributed by atoms with Crippen LogP contribution in [-0.4, -0.2) is 153 Å². The number of aliphatic hydroxyl groups excluding tert-OH is 1. The minimum Gasteiger partial charge on any atom is -0.493 e. The molecule has 0 bridgehead atoms. The number of carbonyl (C=O) groups is 5. The Morgan fingerprint density at radius 3 is 2.10 bits per heavy atom.